The van der Waals surface area contributed by atoms with Gasteiger partial charge in [-0.15, -0.1) is 0 Å². The van der Waals surface area contributed by atoms with Gasteiger partial charge in [0.15, 0.2) is 5.82 Å². The fraction of sp³-hybridized carbons (Fsp3) is 0.143. The summed E-state index contributed by atoms with van der Waals surface area (Å²) in [7, 11) is 0. The van der Waals surface area contributed by atoms with Crippen LogP contribution in [0.3, 0.4) is 0 Å². The highest BCUT2D eigenvalue weighted by Crippen LogP contribution is 2.30. The molecule has 0 radical (unpaired) electrons. The molecule has 7 rings (SSSR count). The third-order valence-electron chi connectivity index (χ3n) is 8.25. The smallest absolute Gasteiger partial charge is 0.160 e. The molecule has 1 N–H and O–H groups in total. The average molecular weight is 586 g/mol. The van der Waals surface area contributed by atoms with Gasteiger partial charge in [0, 0.05) is 28.6 Å². The van der Waals surface area contributed by atoms with E-state index in [1.54, 1.807) is 0 Å². The van der Waals surface area contributed by atoms with Crippen LogP contribution in [-0.4, -0.2) is 16.5 Å². The molecule has 0 bridgehead atoms. The van der Waals surface area contributed by atoms with E-state index >= 15 is 0 Å². The standard InChI is InChI=1S/C40H33N3.C2H6/c1-3-28(17-16-27(2)39-36-15-9-8-12-31(36)22-23-41-39)37-26-38(34-20-18-29-10-4-6-13-32(29)24-34)43-40(42-37)35-21-19-30-11-5-7-14-33(30)25-35;1-2/h4-22,24-26,41H,3,23H2,1-2H3;1-2H3/b27-16+,28-17+;. The van der Waals surface area contributed by atoms with Crippen LogP contribution < -0.4 is 15.8 Å². The number of hydrogen-bond donors (Lipinski definition) is 1. The summed E-state index contributed by atoms with van der Waals surface area (Å²) in [5, 5.41) is 10.9. The van der Waals surface area contributed by atoms with Crippen LogP contribution in [0.25, 0.3) is 61.5 Å². The van der Waals surface area contributed by atoms with Gasteiger partial charge in [-0.25, -0.2) is 9.97 Å². The Morgan fingerprint density at radius 3 is 2.02 bits per heavy atom. The van der Waals surface area contributed by atoms with Gasteiger partial charge in [-0.05, 0) is 69.5 Å². The molecule has 0 fully saturated rings. The van der Waals surface area contributed by atoms with E-state index in [2.05, 4.69) is 153 Å². The fourth-order valence-corrected chi connectivity index (χ4v) is 5.87. The Bertz CT molecular complexity index is 2090. The third kappa shape index (κ3) is 6.34. The maximum absolute atomic E-state index is 5.16. The molecule has 3 heteroatoms. The zero-order valence-electron chi connectivity index (χ0n) is 26.5. The predicted molar refractivity (Wildman–Crippen MR) is 193 cm³/mol. The molecular weight excluding hydrogens is 546 g/mol. The van der Waals surface area contributed by atoms with E-state index in [4.69, 9.17) is 9.97 Å². The van der Waals surface area contributed by atoms with Crippen molar-refractivity contribution in [2.45, 2.75) is 34.1 Å². The van der Waals surface area contributed by atoms with Crippen molar-refractivity contribution in [2.24, 2.45) is 0 Å². The SMILES string of the molecule is CC.CC/C(=C\C=C(/C)C1=c2ccccc2=CCN1)c1cc(-c2ccc3ccccc3c2)nc(-c2ccc3ccccc3c2)n1. The molecule has 5 aromatic carbocycles. The molecule has 45 heavy (non-hydrogen) atoms. The highest BCUT2D eigenvalue weighted by Gasteiger charge is 2.13. The van der Waals surface area contributed by atoms with Crippen molar-refractivity contribution in [1.82, 2.24) is 15.3 Å². The highest BCUT2D eigenvalue weighted by molar-refractivity contribution is 5.89. The lowest BCUT2D eigenvalue weighted by Crippen LogP contribution is -2.37. The number of rotatable bonds is 6. The van der Waals surface area contributed by atoms with Crippen molar-refractivity contribution in [3.05, 3.63) is 149 Å². The normalized spacial score (nSPS) is 13.0. The van der Waals surface area contributed by atoms with Gasteiger partial charge in [0.1, 0.15) is 0 Å². The van der Waals surface area contributed by atoms with E-state index in [9.17, 15) is 0 Å². The summed E-state index contributed by atoms with van der Waals surface area (Å²) in [4.78, 5) is 10.3. The minimum Gasteiger partial charge on any atom is -0.381 e. The summed E-state index contributed by atoms with van der Waals surface area (Å²) in [5.41, 5.74) is 7.52. The van der Waals surface area contributed by atoms with Crippen LogP contribution in [0.5, 0.6) is 0 Å². The number of aromatic nitrogens is 2. The van der Waals surface area contributed by atoms with Crippen LogP contribution in [0.15, 0.2) is 133 Å². The summed E-state index contributed by atoms with van der Waals surface area (Å²) in [6.07, 6.45) is 7.53. The number of hydrogen-bond acceptors (Lipinski definition) is 3. The lowest BCUT2D eigenvalue weighted by Gasteiger charge is -2.15. The molecule has 0 saturated heterocycles. The summed E-state index contributed by atoms with van der Waals surface area (Å²) < 4.78 is 0. The second-order valence-electron chi connectivity index (χ2n) is 11.0. The minimum atomic E-state index is 0.735. The molecule has 1 aliphatic rings. The van der Waals surface area contributed by atoms with E-state index in [1.165, 1.54) is 48.8 Å². The summed E-state index contributed by atoms with van der Waals surface area (Å²) >= 11 is 0. The van der Waals surface area contributed by atoms with Gasteiger partial charge >= 0.3 is 0 Å². The monoisotopic (exact) mass is 585 g/mol. The second kappa shape index (κ2) is 13.6. The topological polar surface area (TPSA) is 37.8 Å². The van der Waals surface area contributed by atoms with Gasteiger partial charge in [-0.3, -0.25) is 0 Å². The third-order valence-corrected chi connectivity index (χ3v) is 8.25. The molecular formula is C42H39N3. The van der Waals surface area contributed by atoms with E-state index in [0.717, 1.165) is 41.3 Å². The maximum atomic E-state index is 5.16. The minimum absolute atomic E-state index is 0.735. The summed E-state index contributed by atoms with van der Waals surface area (Å²) in [6.45, 7) is 9.20. The van der Waals surface area contributed by atoms with Gasteiger partial charge < -0.3 is 5.32 Å². The van der Waals surface area contributed by atoms with Gasteiger partial charge in [0.05, 0.1) is 11.4 Å². The van der Waals surface area contributed by atoms with Crippen LogP contribution in [0, 0.1) is 0 Å². The van der Waals surface area contributed by atoms with Gasteiger partial charge in [-0.1, -0.05) is 136 Å². The van der Waals surface area contributed by atoms with Crippen molar-refractivity contribution in [3.63, 3.8) is 0 Å². The first kappa shape index (κ1) is 29.8. The number of nitrogens with zero attached hydrogens (tertiary/aromatic N) is 2. The Labute approximate surface area is 266 Å². The largest absolute Gasteiger partial charge is 0.381 e. The van der Waals surface area contributed by atoms with Crippen LogP contribution in [0.4, 0.5) is 0 Å². The van der Waals surface area contributed by atoms with Crippen molar-refractivity contribution in [3.8, 4) is 22.6 Å². The number of benzene rings is 5. The Hall–Kier alpha value is -5.28. The molecule has 2 heterocycles. The van der Waals surface area contributed by atoms with Crippen LogP contribution >= 0.6 is 0 Å². The summed E-state index contributed by atoms with van der Waals surface area (Å²) in [6, 6.07) is 40.6. The zero-order valence-corrected chi connectivity index (χ0v) is 26.5. The molecule has 222 valence electrons. The number of fused-ring (bicyclic) bond motifs is 3. The molecule has 0 amide bonds. The average Bonchev–Trinajstić information content (AvgIpc) is 3.11. The predicted octanol–water partition coefficient (Wildman–Crippen LogP) is 9.08. The second-order valence-corrected chi connectivity index (χ2v) is 11.0. The molecule has 0 unspecified atom stereocenters. The molecule has 3 nitrogen and oxygen atoms in total. The zero-order chi connectivity index (χ0) is 31.2. The van der Waals surface area contributed by atoms with Crippen LogP contribution in [0.2, 0.25) is 0 Å². The van der Waals surface area contributed by atoms with Crippen LogP contribution in [0.1, 0.15) is 39.8 Å². The van der Waals surface area contributed by atoms with Crippen molar-refractivity contribution >= 4 is 38.9 Å². The molecule has 0 aliphatic carbocycles. The Balaban J connectivity index is 0.00000175. The quantitative estimate of drug-likeness (QED) is 0.198. The highest BCUT2D eigenvalue weighted by atomic mass is 14.9. The fourth-order valence-electron chi connectivity index (χ4n) is 5.87. The first-order valence-corrected chi connectivity index (χ1v) is 16.0. The molecule has 0 spiro atoms. The molecule has 1 aromatic heterocycles. The first-order chi connectivity index (χ1) is 22.2. The molecule has 6 aromatic rings. The van der Waals surface area contributed by atoms with Gasteiger partial charge in [0.2, 0.25) is 0 Å². The molecule has 1 aliphatic heterocycles. The first-order valence-electron chi connectivity index (χ1n) is 16.0. The number of nitrogens with one attached hydrogen (secondary N) is 1. The van der Waals surface area contributed by atoms with E-state index < -0.39 is 0 Å². The molecule has 0 saturated carbocycles. The van der Waals surface area contributed by atoms with E-state index in [1.807, 2.05) is 13.8 Å². The van der Waals surface area contributed by atoms with E-state index in [0.29, 0.717) is 0 Å². The molecule has 0 atom stereocenters. The Morgan fingerprint density at radius 1 is 0.689 bits per heavy atom. The van der Waals surface area contributed by atoms with Gasteiger partial charge in [0.25, 0.3) is 0 Å². The lowest BCUT2D eigenvalue weighted by molar-refractivity contribution is 1.00. The Morgan fingerprint density at radius 2 is 1.31 bits per heavy atom. The van der Waals surface area contributed by atoms with Crippen molar-refractivity contribution in [1.29, 1.82) is 0 Å². The Kier molecular flexibility index (Phi) is 8.98. The number of allylic oxidation sites excluding steroid dienone is 3. The summed E-state index contributed by atoms with van der Waals surface area (Å²) in [5.74, 6) is 0.735. The maximum Gasteiger partial charge on any atom is 0.160 e. The van der Waals surface area contributed by atoms with Crippen molar-refractivity contribution < 1.29 is 0 Å². The van der Waals surface area contributed by atoms with Crippen LogP contribution in [-0.2, 0) is 0 Å². The lowest BCUT2D eigenvalue weighted by atomic mass is 10.0. The van der Waals surface area contributed by atoms with Crippen molar-refractivity contribution in [2.75, 3.05) is 6.54 Å². The van der Waals surface area contributed by atoms with Gasteiger partial charge in [-0.2, -0.15) is 0 Å². The van der Waals surface area contributed by atoms with E-state index in [-0.39, 0.29) is 0 Å².